The number of carbonyl (C=O) groups is 1. The quantitative estimate of drug-likeness (QED) is 0.740. The molecule has 1 saturated heterocycles. The summed E-state index contributed by atoms with van der Waals surface area (Å²) in [5, 5.41) is 0. The molecule has 0 aliphatic carbocycles. The Hall–Kier alpha value is -1.69. The molecule has 0 saturated carbocycles. The van der Waals surface area contributed by atoms with Gasteiger partial charge in [0.15, 0.2) is 0 Å². The Morgan fingerprint density at radius 2 is 2.24 bits per heavy atom. The van der Waals surface area contributed by atoms with Crippen LogP contribution < -0.4 is 10.6 Å². The summed E-state index contributed by atoms with van der Waals surface area (Å²) in [6.07, 6.45) is 1.54. The van der Waals surface area contributed by atoms with Gasteiger partial charge in [0.2, 0.25) is 5.91 Å². The number of anilines is 1. The van der Waals surface area contributed by atoms with Gasteiger partial charge in [0.05, 0.1) is 0 Å². The minimum absolute atomic E-state index is 0.251. The van der Waals surface area contributed by atoms with Crippen molar-refractivity contribution in [1.29, 1.82) is 0 Å². The van der Waals surface area contributed by atoms with Crippen LogP contribution in [0.3, 0.4) is 0 Å². The van der Waals surface area contributed by atoms with Gasteiger partial charge in [-0.2, -0.15) is 0 Å². The summed E-state index contributed by atoms with van der Waals surface area (Å²) in [5.41, 5.74) is 6.31. The summed E-state index contributed by atoms with van der Waals surface area (Å²) >= 11 is 0. The lowest BCUT2D eigenvalue weighted by atomic mass is 10.1. The molecule has 0 bridgehead atoms. The Bertz CT molecular complexity index is 422. The number of primary amides is 1. The zero-order valence-corrected chi connectivity index (χ0v) is 10.1. The van der Waals surface area contributed by atoms with Crippen molar-refractivity contribution < 1.29 is 4.79 Å². The maximum Gasteiger partial charge on any atom is 0.236 e. The molecule has 2 N–H and O–H groups in total. The number of rotatable bonds is 2. The van der Waals surface area contributed by atoms with E-state index in [1.165, 1.54) is 0 Å². The van der Waals surface area contributed by atoms with Gasteiger partial charge in [-0.25, -0.2) is 9.97 Å². The predicted molar refractivity (Wildman–Crippen MR) is 64.6 cm³/mol. The Morgan fingerprint density at radius 3 is 2.88 bits per heavy atom. The smallest absolute Gasteiger partial charge is 0.236 e. The van der Waals surface area contributed by atoms with Crippen molar-refractivity contribution in [1.82, 2.24) is 14.9 Å². The zero-order chi connectivity index (χ0) is 12.4. The van der Waals surface area contributed by atoms with Crippen molar-refractivity contribution in [3.8, 4) is 0 Å². The second kappa shape index (κ2) is 4.67. The van der Waals surface area contributed by atoms with E-state index in [4.69, 9.17) is 5.73 Å². The van der Waals surface area contributed by atoms with E-state index >= 15 is 0 Å². The van der Waals surface area contributed by atoms with Crippen molar-refractivity contribution in [3.63, 3.8) is 0 Å². The predicted octanol–water partition coefficient (Wildman–Crippen LogP) is -0.609. The van der Waals surface area contributed by atoms with E-state index in [0.29, 0.717) is 6.54 Å². The van der Waals surface area contributed by atoms with Crippen LogP contribution in [0.5, 0.6) is 0 Å². The lowest BCUT2D eigenvalue weighted by Crippen LogP contribution is -2.57. The fourth-order valence-electron chi connectivity index (χ4n) is 2.00. The fourth-order valence-corrected chi connectivity index (χ4v) is 2.00. The first-order valence-corrected chi connectivity index (χ1v) is 5.61. The molecule has 1 aliphatic heterocycles. The number of amides is 1. The SMILES string of the molecule is Cc1cc(N2CCN(C)C(C(N)=O)C2)ncn1. The van der Waals surface area contributed by atoms with Crippen LogP contribution >= 0.6 is 0 Å². The summed E-state index contributed by atoms with van der Waals surface area (Å²) in [5.74, 6) is 0.569. The lowest BCUT2D eigenvalue weighted by molar-refractivity contribution is -0.122. The molecule has 1 aromatic heterocycles. The number of nitrogens with zero attached hydrogens (tertiary/aromatic N) is 4. The van der Waals surface area contributed by atoms with Crippen molar-refractivity contribution in [3.05, 3.63) is 18.1 Å². The molecule has 1 aliphatic rings. The van der Waals surface area contributed by atoms with E-state index in [-0.39, 0.29) is 11.9 Å². The Labute approximate surface area is 100 Å². The highest BCUT2D eigenvalue weighted by Gasteiger charge is 2.28. The Morgan fingerprint density at radius 1 is 1.47 bits per heavy atom. The third-order valence-electron chi connectivity index (χ3n) is 3.09. The molecule has 0 aromatic carbocycles. The second-order valence-corrected chi connectivity index (χ2v) is 4.36. The van der Waals surface area contributed by atoms with E-state index in [0.717, 1.165) is 24.6 Å². The van der Waals surface area contributed by atoms with Gasteiger partial charge in [-0.05, 0) is 14.0 Å². The summed E-state index contributed by atoms with van der Waals surface area (Å²) in [7, 11) is 1.91. The number of nitrogens with two attached hydrogens (primary N) is 1. The molecule has 6 heteroatoms. The third kappa shape index (κ3) is 2.52. The number of likely N-dealkylation sites (N-methyl/N-ethyl adjacent to an activating group) is 1. The summed E-state index contributed by atoms with van der Waals surface area (Å²) in [6.45, 7) is 4.16. The highest BCUT2D eigenvalue weighted by molar-refractivity contribution is 5.80. The number of carbonyl (C=O) groups excluding carboxylic acids is 1. The van der Waals surface area contributed by atoms with Gasteiger partial charge in [-0.1, -0.05) is 0 Å². The average molecular weight is 235 g/mol. The van der Waals surface area contributed by atoms with Crippen LogP contribution in [0.15, 0.2) is 12.4 Å². The minimum atomic E-state index is -0.289. The van der Waals surface area contributed by atoms with Gasteiger partial charge < -0.3 is 10.6 Å². The highest BCUT2D eigenvalue weighted by Crippen LogP contribution is 2.15. The molecular weight excluding hydrogens is 218 g/mol. The van der Waals surface area contributed by atoms with Gasteiger partial charge in [0, 0.05) is 31.4 Å². The third-order valence-corrected chi connectivity index (χ3v) is 3.09. The van der Waals surface area contributed by atoms with Crippen LogP contribution in [0.1, 0.15) is 5.69 Å². The van der Waals surface area contributed by atoms with E-state index in [2.05, 4.69) is 14.9 Å². The average Bonchev–Trinajstić information content (AvgIpc) is 2.29. The molecule has 92 valence electrons. The van der Waals surface area contributed by atoms with E-state index < -0.39 is 0 Å². The monoisotopic (exact) mass is 235 g/mol. The van der Waals surface area contributed by atoms with Gasteiger partial charge in [-0.15, -0.1) is 0 Å². The van der Waals surface area contributed by atoms with Crippen molar-refractivity contribution >= 4 is 11.7 Å². The van der Waals surface area contributed by atoms with E-state index in [9.17, 15) is 4.79 Å². The molecule has 6 nitrogen and oxygen atoms in total. The number of hydrogen-bond donors (Lipinski definition) is 1. The topological polar surface area (TPSA) is 75.3 Å². The Balaban J connectivity index is 2.16. The molecular formula is C11H17N5O. The molecule has 1 amide bonds. The highest BCUT2D eigenvalue weighted by atomic mass is 16.1. The second-order valence-electron chi connectivity index (χ2n) is 4.36. The molecule has 0 radical (unpaired) electrons. The van der Waals surface area contributed by atoms with Crippen LogP contribution in [0, 0.1) is 6.92 Å². The molecule has 17 heavy (non-hydrogen) atoms. The normalized spacial score (nSPS) is 21.5. The number of aromatic nitrogens is 2. The first kappa shape index (κ1) is 11.8. The van der Waals surface area contributed by atoms with Gasteiger partial charge in [0.25, 0.3) is 0 Å². The standard InChI is InChI=1S/C11H17N5O/c1-8-5-10(14-7-13-8)16-4-3-15(2)9(6-16)11(12)17/h5,7,9H,3-4,6H2,1-2H3,(H2,12,17). The van der Waals surface area contributed by atoms with Crippen molar-refractivity contribution in [2.75, 3.05) is 31.6 Å². The minimum Gasteiger partial charge on any atom is -0.368 e. The van der Waals surface area contributed by atoms with Crippen LogP contribution in [0.25, 0.3) is 0 Å². The Kier molecular flexibility index (Phi) is 3.23. The first-order chi connectivity index (χ1) is 8.08. The summed E-state index contributed by atoms with van der Waals surface area (Å²) < 4.78 is 0. The van der Waals surface area contributed by atoms with Crippen LogP contribution in [-0.2, 0) is 4.79 Å². The molecule has 2 heterocycles. The van der Waals surface area contributed by atoms with Crippen LogP contribution in [-0.4, -0.2) is 53.5 Å². The van der Waals surface area contributed by atoms with E-state index in [1.54, 1.807) is 6.33 Å². The maximum atomic E-state index is 11.3. The van der Waals surface area contributed by atoms with Crippen LogP contribution in [0.2, 0.25) is 0 Å². The van der Waals surface area contributed by atoms with Gasteiger partial charge >= 0.3 is 0 Å². The number of aryl methyl sites for hydroxylation is 1. The number of hydrogen-bond acceptors (Lipinski definition) is 5. The first-order valence-electron chi connectivity index (χ1n) is 5.61. The van der Waals surface area contributed by atoms with Crippen LogP contribution in [0.4, 0.5) is 5.82 Å². The molecule has 1 atom stereocenters. The summed E-state index contributed by atoms with van der Waals surface area (Å²) in [6, 6.07) is 1.67. The largest absolute Gasteiger partial charge is 0.368 e. The molecule has 1 unspecified atom stereocenters. The zero-order valence-electron chi connectivity index (χ0n) is 10.1. The lowest BCUT2D eigenvalue weighted by Gasteiger charge is -2.38. The number of piperazine rings is 1. The van der Waals surface area contributed by atoms with Gasteiger partial charge in [-0.3, -0.25) is 9.69 Å². The van der Waals surface area contributed by atoms with Gasteiger partial charge in [0.1, 0.15) is 18.2 Å². The molecule has 1 fully saturated rings. The molecule has 1 aromatic rings. The summed E-state index contributed by atoms with van der Waals surface area (Å²) in [4.78, 5) is 23.7. The van der Waals surface area contributed by atoms with Crippen molar-refractivity contribution in [2.24, 2.45) is 5.73 Å². The van der Waals surface area contributed by atoms with Crippen molar-refractivity contribution in [2.45, 2.75) is 13.0 Å². The fraction of sp³-hybridized carbons (Fsp3) is 0.545. The molecule has 0 spiro atoms. The molecule has 2 rings (SSSR count). The van der Waals surface area contributed by atoms with E-state index in [1.807, 2.05) is 24.9 Å². The maximum absolute atomic E-state index is 11.3.